The molecular weight excluding hydrogens is 444 g/mol. The molecule has 0 aliphatic carbocycles. The van der Waals surface area contributed by atoms with Gasteiger partial charge in [-0.25, -0.2) is 4.68 Å². The van der Waals surface area contributed by atoms with Crippen LogP contribution in [0.15, 0.2) is 47.1 Å². The number of aromatic nitrogens is 2. The summed E-state index contributed by atoms with van der Waals surface area (Å²) < 4.78 is 2.68. The van der Waals surface area contributed by atoms with E-state index in [1.807, 2.05) is 64.1 Å². The lowest BCUT2D eigenvalue weighted by atomic mass is 10.1. The highest BCUT2D eigenvalue weighted by Gasteiger charge is 2.21. The molecule has 0 bridgehead atoms. The number of hydrogen-bond acceptors (Lipinski definition) is 3. The zero-order valence-corrected chi connectivity index (χ0v) is 19.4. The van der Waals surface area contributed by atoms with Crippen LogP contribution in [0.4, 0.5) is 5.69 Å². The average molecular weight is 469 g/mol. The minimum Gasteiger partial charge on any atom is -0.332 e. The monoisotopic (exact) mass is 468 g/mol. The summed E-state index contributed by atoms with van der Waals surface area (Å²) >= 11 is 3.41. The van der Waals surface area contributed by atoms with Crippen molar-refractivity contribution in [1.29, 1.82) is 0 Å². The second-order valence-corrected chi connectivity index (χ2v) is 8.43. The fraction of sp³-hybridized carbons (Fsp3) is 0.261. The first-order valence-electron chi connectivity index (χ1n) is 9.61. The van der Waals surface area contributed by atoms with E-state index in [1.165, 1.54) is 4.90 Å². The van der Waals surface area contributed by atoms with Crippen molar-refractivity contribution >= 4 is 33.4 Å². The average Bonchev–Trinajstić information content (AvgIpc) is 3.06. The summed E-state index contributed by atoms with van der Waals surface area (Å²) in [4.78, 5) is 26.9. The molecule has 30 heavy (non-hydrogen) atoms. The van der Waals surface area contributed by atoms with Crippen molar-refractivity contribution < 1.29 is 9.59 Å². The van der Waals surface area contributed by atoms with Crippen LogP contribution in [0, 0.1) is 27.7 Å². The van der Waals surface area contributed by atoms with Crippen LogP contribution < -0.4 is 5.32 Å². The lowest BCUT2D eigenvalue weighted by molar-refractivity contribution is -0.116. The first-order valence-corrected chi connectivity index (χ1v) is 10.4. The SMILES string of the molecule is Cc1cc(C)c(NC(=O)CN(C)C(=O)c2cnn(-c3ccc(Br)cc3)c2C)c(C)c1. The van der Waals surface area contributed by atoms with E-state index in [4.69, 9.17) is 0 Å². The fourth-order valence-electron chi connectivity index (χ4n) is 3.51. The number of anilines is 1. The molecule has 7 heteroatoms. The molecule has 2 aromatic carbocycles. The van der Waals surface area contributed by atoms with Gasteiger partial charge in [0.1, 0.15) is 0 Å². The summed E-state index contributed by atoms with van der Waals surface area (Å²) in [5.74, 6) is -0.484. The van der Waals surface area contributed by atoms with Gasteiger partial charge in [0.2, 0.25) is 5.91 Å². The molecule has 0 unspecified atom stereocenters. The number of rotatable bonds is 5. The smallest absolute Gasteiger partial charge is 0.257 e. The molecule has 6 nitrogen and oxygen atoms in total. The molecule has 0 saturated carbocycles. The van der Waals surface area contributed by atoms with E-state index < -0.39 is 0 Å². The number of carbonyl (C=O) groups is 2. The lowest BCUT2D eigenvalue weighted by Gasteiger charge is -2.18. The van der Waals surface area contributed by atoms with Gasteiger partial charge in [-0.15, -0.1) is 0 Å². The van der Waals surface area contributed by atoms with Crippen molar-refractivity contribution in [2.75, 3.05) is 18.9 Å². The van der Waals surface area contributed by atoms with Gasteiger partial charge in [0.05, 0.1) is 29.7 Å². The van der Waals surface area contributed by atoms with Crippen molar-refractivity contribution in [3.05, 3.63) is 75.0 Å². The van der Waals surface area contributed by atoms with Gasteiger partial charge in [-0.3, -0.25) is 9.59 Å². The van der Waals surface area contributed by atoms with E-state index in [-0.39, 0.29) is 18.4 Å². The van der Waals surface area contributed by atoms with Gasteiger partial charge in [0, 0.05) is 17.2 Å². The highest BCUT2D eigenvalue weighted by Crippen LogP contribution is 2.22. The molecule has 0 aliphatic heterocycles. The summed E-state index contributed by atoms with van der Waals surface area (Å²) in [6.45, 7) is 7.74. The predicted octanol–water partition coefficient (Wildman–Crippen LogP) is 4.58. The number of carbonyl (C=O) groups excluding carboxylic acids is 2. The Kier molecular flexibility index (Phi) is 6.41. The van der Waals surface area contributed by atoms with Crippen LogP contribution in [-0.2, 0) is 4.79 Å². The quantitative estimate of drug-likeness (QED) is 0.595. The molecule has 1 N–H and O–H groups in total. The van der Waals surface area contributed by atoms with Gasteiger partial charge in [-0.2, -0.15) is 5.10 Å². The molecule has 0 aliphatic rings. The Morgan fingerprint density at radius 1 is 1.07 bits per heavy atom. The molecule has 3 aromatic rings. The third kappa shape index (κ3) is 4.62. The van der Waals surface area contributed by atoms with E-state index in [2.05, 4.69) is 26.3 Å². The van der Waals surface area contributed by atoms with Crippen molar-refractivity contribution in [1.82, 2.24) is 14.7 Å². The molecule has 0 fully saturated rings. The van der Waals surface area contributed by atoms with E-state index in [0.717, 1.165) is 38.2 Å². The van der Waals surface area contributed by atoms with Crippen molar-refractivity contribution in [2.24, 2.45) is 0 Å². The van der Waals surface area contributed by atoms with Gasteiger partial charge in [0.15, 0.2) is 0 Å². The molecular formula is C23H25BrN4O2. The highest BCUT2D eigenvalue weighted by atomic mass is 79.9. The molecule has 0 radical (unpaired) electrons. The molecule has 0 atom stereocenters. The fourth-order valence-corrected chi connectivity index (χ4v) is 3.78. The Bertz CT molecular complexity index is 1080. The maximum atomic E-state index is 12.9. The van der Waals surface area contributed by atoms with E-state index in [1.54, 1.807) is 17.9 Å². The van der Waals surface area contributed by atoms with Crippen LogP contribution in [0.5, 0.6) is 0 Å². The second-order valence-electron chi connectivity index (χ2n) is 7.51. The summed E-state index contributed by atoms with van der Waals surface area (Å²) in [6, 6.07) is 11.7. The summed E-state index contributed by atoms with van der Waals surface area (Å²) in [5.41, 5.74) is 6.00. The summed E-state index contributed by atoms with van der Waals surface area (Å²) in [6.07, 6.45) is 1.54. The Morgan fingerprint density at radius 3 is 2.27 bits per heavy atom. The number of aryl methyl sites for hydroxylation is 3. The molecule has 156 valence electrons. The Labute approximate surface area is 185 Å². The Hall–Kier alpha value is -2.93. The minimum absolute atomic E-state index is 0.0471. The van der Waals surface area contributed by atoms with Gasteiger partial charge >= 0.3 is 0 Å². The van der Waals surface area contributed by atoms with E-state index >= 15 is 0 Å². The molecule has 1 aromatic heterocycles. The molecule has 3 rings (SSSR count). The van der Waals surface area contributed by atoms with Crippen LogP contribution >= 0.6 is 15.9 Å². The van der Waals surface area contributed by atoms with E-state index in [9.17, 15) is 9.59 Å². The third-order valence-electron chi connectivity index (χ3n) is 4.98. The second kappa shape index (κ2) is 8.83. The zero-order chi connectivity index (χ0) is 22.0. The molecule has 1 heterocycles. The van der Waals surface area contributed by atoms with E-state index in [0.29, 0.717) is 5.56 Å². The number of likely N-dealkylation sites (N-methyl/N-ethyl adjacent to an activating group) is 1. The van der Waals surface area contributed by atoms with Crippen molar-refractivity contribution in [3.8, 4) is 5.69 Å². The number of nitrogens with zero attached hydrogens (tertiary/aromatic N) is 3. The maximum absolute atomic E-state index is 12.9. The third-order valence-corrected chi connectivity index (χ3v) is 5.51. The largest absolute Gasteiger partial charge is 0.332 e. The Morgan fingerprint density at radius 2 is 1.67 bits per heavy atom. The molecule has 0 saturated heterocycles. The molecule has 2 amide bonds. The van der Waals surface area contributed by atoms with Gasteiger partial charge in [-0.05, 0) is 63.1 Å². The van der Waals surface area contributed by atoms with Crippen molar-refractivity contribution in [3.63, 3.8) is 0 Å². The van der Waals surface area contributed by atoms with Crippen molar-refractivity contribution in [2.45, 2.75) is 27.7 Å². The van der Waals surface area contributed by atoms with Gasteiger partial charge in [0.25, 0.3) is 5.91 Å². The van der Waals surface area contributed by atoms with Crippen LogP contribution in [-0.4, -0.2) is 40.1 Å². The predicted molar refractivity (Wildman–Crippen MR) is 122 cm³/mol. The normalized spacial score (nSPS) is 10.7. The number of halogens is 1. The Balaban J connectivity index is 1.72. The molecule has 0 spiro atoms. The summed E-state index contributed by atoms with van der Waals surface area (Å²) in [7, 11) is 1.62. The summed E-state index contributed by atoms with van der Waals surface area (Å²) in [5, 5.41) is 7.29. The number of amides is 2. The maximum Gasteiger partial charge on any atom is 0.257 e. The standard InChI is InChI=1S/C23H25BrN4O2/c1-14-10-15(2)22(16(3)11-14)26-21(29)13-27(5)23(30)20-12-25-28(17(20)4)19-8-6-18(24)7-9-19/h6-12H,13H2,1-5H3,(H,26,29). The topological polar surface area (TPSA) is 67.2 Å². The van der Waals surface area contributed by atoms with Gasteiger partial charge in [-0.1, -0.05) is 33.6 Å². The van der Waals surface area contributed by atoms with Gasteiger partial charge < -0.3 is 10.2 Å². The van der Waals surface area contributed by atoms with Crippen LogP contribution in [0.25, 0.3) is 5.69 Å². The first kappa shape index (κ1) is 21.8. The minimum atomic E-state index is -0.247. The van der Waals surface area contributed by atoms with Crippen LogP contribution in [0.1, 0.15) is 32.7 Å². The lowest BCUT2D eigenvalue weighted by Crippen LogP contribution is -2.35. The number of benzene rings is 2. The highest BCUT2D eigenvalue weighted by molar-refractivity contribution is 9.10. The van der Waals surface area contributed by atoms with Crippen LogP contribution in [0.3, 0.4) is 0 Å². The van der Waals surface area contributed by atoms with Crippen LogP contribution in [0.2, 0.25) is 0 Å². The number of hydrogen-bond donors (Lipinski definition) is 1. The zero-order valence-electron chi connectivity index (χ0n) is 17.8. The first-order chi connectivity index (χ1) is 14.2. The number of nitrogens with one attached hydrogen (secondary N) is 1.